The van der Waals surface area contributed by atoms with Gasteiger partial charge >= 0.3 is 0 Å². The Bertz CT molecular complexity index is 1200. The molecule has 6 nitrogen and oxygen atoms in total. The van der Waals surface area contributed by atoms with Crippen LogP contribution in [0.2, 0.25) is 5.02 Å². The van der Waals surface area contributed by atoms with Crippen LogP contribution in [-0.2, 0) is 6.61 Å². The first kappa shape index (κ1) is 22.3. The van der Waals surface area contributed by atoms with Crippen LogP contribution in [0.1, 0.15) is 16.7 Å². The van der Waals surface area contributed by atoms with E-state index in [-0.39, 0.29) is 12.3 Å². The highest BCUT2D eigenvalue weighted by atomic mass is 79.9. The molecule has 0 fully saturated rings. The summed E-state index contributed by atoms with van der Waals surface area (Å²) in [5.74, 6) is 0.908. The highest BCUT2D eigenvalue weighted by molar-refractivity contribution is 9.10. The number of nitriles is 1. The van der Waals surface area contributed by atoms with Gasteiger partial charge in [0, 0.05) is 27.2 Å². The number of hydrogen-bond acceptors (Lipinski definition) is 5. The Labute approximate surface area is 192 Å². The molecule has 0 aromatic heterocycles. The van der Waals surface area contributed by atoms with Crippen molar-refractivity contribution in [3.05, 3.63) is 97.0 Å². The summed E-state index contributed by atoms with van der Waals surface area (Å²) in [4.78, 5) is 10.5. The molecule has 3 aromatic carbocycles. The van der Waals surface area contributed by atoms with E-state index in [1.807, 2.05) is 6.07 Å². The smallest absolute Gasteiger partial charge is 0.269 e. The Morgan fingerprint density at radius 1 is 1.19 bits per heavy atom. The normalized spacial score (nSPS) is 11.0. The molecule has 0 aliphatic carbocycles. The van der Waals surface area contributed by atoms with Crippen molar-refractivity contribution < 1.29 is 14.4 Å². The van der Waals surface area contributed by atoms with Gasteiger partial charge in [-0.25, -0.2) is 0 Å². The van der Waals surface area contributed by atoms with Gasteiger partial charge < -0.3 is 9.47 Å². The van der Waals surface area contributed by atoms with Crippen molar-refractivity contribution in [1.29, 1.82) is 5.26 Å². The molecule has 3 aromatic rings. The fraction of sp³-hybridized carbons (Fsp3) is 0.0870. The number of benzene rings is 3. The number of allylic oxidation sites excluding steroid dienone is 1. The Hall–Kier alpha value is -3.34. The first-order valence-corrected chi connectivity index (χ1v) is 10.2. The molecule has 0 atom stereocenters. The minimum Gasteiger partial charge on any atom is -0.493 e. The molecule has 0 spiro atoms. The van der Waals surface area contributed by atoms with Crippen LogP contribution in [0.5, 0.6) is 11.5 Å². The molecule has 0 aliphatic rings. The number of nitrogens with zero attached hydrogens (tertiary/aromatic N) is 2. The van der Waals surface area contributed by atoms with Crippen LogP contribution in [0.25, 0.3) is 11.6 Å². The molecule has 0 unspecified atom stereocenters. The fourth-order valence-corrected chi connectivity index (χ4v) is 3.53. The highest BCUT2D eigenvalue weighted by Gasteiger charge is 2.13. The van der Waals surface area contributed by atoms with Gasteiger partial charge in [0.15, 0.2) is 11.5 Å². The average Bonchev–Trinajstić information content (AvgIpc) is 2.77. The molecule has 0 N–H and O–H groups in total. The van der Waals surface area contributed by atoms with E-state index in [0.29, 0.717) is 43.3 Å². The molecule has 31 heavy (non-hydrogen) atoms. The summed E-state index contributed by atoms with van der Waals surface area (Å²) in [7, 11) is 1.51. The maximum Gasteiger partial charge on any atom is 0.269 e. The van der Waals surface area contributed by atoms with Crippen molar-refractivity contribution in [3.8, 4) is 17.6 Å². The third kappa shape index (κ3) is 5.43. The number of nitro benzene ring substituents is 1. The lowest BCUT2D eigenvalue weighted by atomic mass is 10.0. The summed E-state index contributed by atoms with van der Waals surface area (Å²) in [5, 5.41) is 21.0. The van der Waals surface area contributed by atoms with Gasteiger partial charge in [-0.2, -0.15) is 5.26 Å². The van der Waals surface area contributed by atoms with Crippen LogP contribution in [0.4, 0.5) is 5.69 Å². The highest BCUT2D eigenvalue weighted by Crippen LogP contribution is 2.36. The zero-order chi connectivity index (χ0) is 22.4. The van der Waals surface area contributed by atoms with Crippen molar-refractivity contribution >= 4 is 44.9 Å². The van der Waals surface area contributed by atoms with E-state index in [1.54, 1.807) is 48.5 Å². The van der Waals surface area contributed by atoms with Gasteiger partial charge in [-0.15, -0.1) is 0 Å². The van der Waals surface area contributed by atoms with Crippen LogP contribution < -0.4 is 9.47 Å². The van der Waals surface area contributed by atoms with Crippen LogP contribution in [0.3, 0.4) is 0 Å². The predicted molar refractivity (Wildman–Crippen MR) is 123 cm³/mol. The topological polar surface area (TPSA) is 85.4 Å². The van der Waals surface area contributed by atoms with Crippen molar-refractivity contribution in [2.45, 2.75) is 6.61 Å². The maximum atomic E-state index is 10.9. The van der Waals surface area contributed by atoms with Crippen molar-refractivity contribution in [3.63, 3.8) is 0 Å². The minimum atomic E-state index is -0.451. The van der Waals surface area contributed by atoms with E-state index < -0.39 is 4.92 Å². The molecule has 156 valence electrons. The molecular formula is C23H16BrClN2O4. The molecule has 0 amide bonds. The van der Waals surface area contributed by atoms with Crippen LogP contribution in [-0.4, -0.2) is 12.0 Å². The van der Waals surface area contributed by atoms with Gasteiger partial charge in [-0.1, -0.05) is 57.9 Å². The molecule has 0 saturated heterocycles. The Morgan fingerprint density at radius 3 is 2.65 bits per heavy atom. The number of nitro groups is 1. The summed E-state index contributed by atoms with van der Waals surface area (Å²) in [5.41, 5.74) is 2.39. The van der Waals surface area contributed by atoms with E-state index in [4.69, 9.17) is 21.1 Å². The van der Waals surface area contributed by atoms with Gasteiger partial charge in [0.25, 0.3) is 5.69 Å². The second-order valence-corrected chi connectivity index (χ2v) is 7.65. The van der Waals surface area contributed by atoms with Gasteiger partial charge in [-0.3, -0.25) is 10.1 Å². The predicted octanol–water partition coefficient (Wildman–Crippen LogP) is 6.66. The lowest BCUT2D eigenvalue weighted by molar-refractivity contribution is -0.384. The summed E-state index contributed by atoms with van der Waals surface area (Å²) >= 11 is 9.73. The molecule has 0 heterocycles. The molecule has 0 aliphatic heterocycles. The van der Waals surface area contributed by atoms with Crippen molar-refractivity contribution in [2.75, 3.05) is 7.11 Å². The zero-order valence-electron chi connectivity index (χ0n) is 16.3. The standard InChI is InChI=1S/C23H16BrClN2O4/c1-30-22-11-16(10-17(13-26)19-7-2-3-8-21(19)25)20(24)12-23(22)31-14-15-5-4-6-18(9-15)27(28)29/h2-12H,14H2,1H3. The number of methoxy groups -OCH3 is 1. The molecule has 0 bridgehead atoms. The van der Waals surface area contributed by atoms with Crippen LogP contribution in [0, 0.1) is 21.4 Å². The third-order valence-corrected chi connectivity index (χ3v) is 5.40. The molecule has 0 saturated carbocycles. The average molecular weight is 500 g/mol. The fourth-order valence-electron chi connectivity index (χ4n) is 2.86. The summed E-state index contributed by atoms with van der Waals surface area (Å²) in [6.45, 7) is 0.128. The minimum absolute atomic E-state index is 0.00154. The summed E-state index contributed by atoms with van der Waals surface area (Å²) in [6, 6.07) is 19.0. The molecular weight excluding hydrogens is 484 g/mol. The van der Waals surface area contributed by atoms with Crippen LogP contribution >= 0.6 is 27.5 Å². The molecule has 0 radical (unpaired) electrons. The quantitative estimate of drug-likeness (QED) is 0.157. The number of halogens is 2. The summed E-state index contributed by atoms with van der Waals surface area (Å²) < 4.78 is 12.0. The Kier molecular flexibility index (Phi) is 7.29. The number of rotatable bonds is 7. The van der Waals surface area contributed by atoms with E-state index in [2.05, 4.69) is 22.0 Å². The van der Waals surface area contributed by atoms with Crippen molar-refractivity contribution in [2.24, 2.45) is 0 Å². The van der Waals surface area contributed by atoms with Gasteiger partial charge in [-0.05, 0) is 35.4 Å². The number of non-ortho nitro benzene ring substituents is 1. The first-order valence-electron chi connectivity index (χ1n) is 9.03. The first-order chi connectivity index (χ1) is 14.9. The van der Waals surface area contributed by atoms with E-state index in [0.717, 1.165) is 0 Å². The molecule has 3 rings (SSSR count). The largest absolute Gasteiger partial charge is 0.493 e. The second kappa shape index (κ2) is 10.1. The van der Waals surface area contributed by atoms with Crippen LogP contribution in [0.15, 0.2) is 65.1 Å². The monoisotopic (exact) mass is 498 g/mol. The van der Waals surface area contributed by atoms with Gasteiger partial charge in [0.2, 0.25) is 0 Å². The Morgan fingerprint density at radius 2 is 1.97 bits per heavy atom. The third-order valence-electron chi connectivity index (χ3n) is 4.38. The number of hydrogen-bond donors (Lipinski definition) is 0. The zero-order valence-corrected chi connectivity index (χ0v) is 18.7. The Balaban J connectivity index is 1.90. The SMILES string of the molecule is COc1cc(C=C(C#N)c2ccccc2Cl)c(Br)cc1OCc1cccc([N+](=O)[O-])c1. The van der Waals surface area contributed by atoms with Crippen molar-refractivity contribution in [1.82, 2.24) is 0 Å². The lowest BCUT2D eigenvalue weighted by Crippen LogP contribution is -1.99. The number of ether oxygens (including phenoxy) is 2. The molecule has 8 heteroatoms. The maximum absolute atomic E-state index is 10.9. The lowest BCUT2D eigenvalue weighted by Gasteiger charge is -2.13. The van der Waals surface area contributed by atoms with Gasteiger partial charge in [0.05, 0.1) is 23.7 Å². The summed E-state index contributed by atoms with van der Waals surface area (Å²) in [6.07, 6.45) is 1.71. The van der Waals surface area contributed by atoms with Gasteiger partial charge in [0.1, 0.15) is 6.61 Å². The van der Waals surface area contributed by atoms with E-state index in [9.17, 15) is 15.4 Å². The second-order valence-electron chi connectivity index (χ2n) is 6.39. The van der Waals surface area contributed by atoms with E-state index >= 15 is 0 Å². The van der Waals surface area contributed by atoms with E-state index in [1.165, 1.54) is 19.2 Å².